The second-order valence-corrected chi connectivity index (χ2v) is 4.51. The molecule has 2 rings (SSSR count). The molecule has 2 aliphatic carbocycles. The third-order valence-electron chi connectivity index (χ3n) is 3.58. The average Bonchev–Trinajstić information content (AvgIpc) is 2.41. The van der Waals surface area contributed by atoms with Gasteiger partial charge in [0, 0.05) is 18.4 Å². The van der Waals surface area contributed by atoms with Crippen molar-refractivity contribution in [1.29, 1.82) is 0 Å². The highest BCUT2D eigenvalue weighted by Crippen LogP contribution is 2.54. The van der Waals surface area contributed by atoms with Gasteiger partial charge in [-0.05, 0) is 24.7 Å². The van der Waals surface area contributed by atoms with Crippen LogP contribution in [0.25, 0.3) is 0 Å². The van der Waals surface area contributed by atoms with Gasteiger partial charge in [-0.2, -0.15) is 0 Å². The normalized spacial score (nSPS) is 51.0. The van der Waals surface area contributed by atoms with Crippen molar-refractivity contribution in [1.82, 2.24) is 0 Å². The second-order valence-electron chi connectivity index (χ2n) is 4.51. The second kappa shape index (κ2) is 2.19. The predicted octanol–water partition coefficient (Wildman–Crippen LogP) is 2.16. The van der Waals surface area contributed by atoms with Crippen molar-refractivity contribution >= 4 is 0 Å². The van der Waals surface area contributed by atoms with E-state index in [-0.39, 0.29) is 24.3 Å². The number of nitrogens with two attached hydrogens (primary N) is 1. The lowest BCUT2D eigenvalue weighted by molar-refractivity contribution is 0.00316. The summed E-state index contributed by atoms with van der Waals surface area (Å²) in [7, 11) is 0. The summed E-state index contributed by atoms with van der Waals surface area (Å²) < 4.78 is 25.6. The summed E-state index contributed by atoms with van der Waals surface area (Å²) in [4.78, 5) is 0. The Morgan fingerprint density at radius 1 is 1.33 bits per heavy atom. The molecule has 0 heterocycles. The van der Waals surface area contributed by atoms with Gasteiger partial charge >= 0.3 is 0 Å². The zero-order valence-electron chi connectivity index (χ0n) is 7.32. The minimum atomic E-state index is -2.43. The van der Waals surface area contributed by atoms with Crippen molar-refractivity contribution in [3.8, 4) is 0 Å². The maximum absolute atomic E-state index is 12.8. The van der Waals surface area contributed by atoms with E-state index in [1.54, 1.807) is 0 Å². The summed E-state index contributed by atoms with van der Waals surface area (Å²) in [6, 6.07) is 0. The van der Waals surface area contributed by atoms with Crippen molar-refractivity contribution in [2.45, 2.75) is 44.1 Å². The van der Waals surface area contributed by atoms with Gasteiger partial charge in [0.05, 0.1) is 0 Å². The van der Waals surface area contributed by atoms with Gasteiger partial charge in [-0.1, -0.05) is 6.92 Å². The fraction of sp³-hybridized carbons (Fsp3) is 1.00. The van der Waals surface area contributed by atoms with Crippen LogP contribution in [0.15, 0.2) is 0 Å². The van der Waals surface area contributed by atoms with Crippen LogP contribution in [0.1, 0.15) is 32.6 Å². The Morgan fingerprint density at radius 2 is 1.92 bits per heavy atom. The number of alkyl halides is 2. The van der Waals surface area contributed by atoms with Crippen LogP contribution in [0.3, 0.4) is 0 Å². The highest BCUT2D eigenvalue weighted by atomic mass is 19.3. The van der Waals surface area contributed by atoms with Gasteiger partial charge in [0.1, 0.15) is 0 Å². The lowest BCUT2D eigenvalue weighted by Gasteiger charge is -2.18. The first-order valence-corrected chi connectivity index (χ1v) is 4.61. The minimum Gasteiger partial charge on any atom is -0.325 e. The zero-order chi connectivity index (χ0) is 8.98. The molecule has 12 heavy (non-hydrogen) atoms. The Labute approximate surface area is 71.3 Å². The van der Waals surface area contributed by atoms with E-state index in [2.05, 4.69) is 6.92 Å². The van der Waals surface area contributed by atoms with Crippen molar-refractivity contribution in [3.63, 3.8) is 0 Å². The molecule has 0 spiro atoms. The van der Waals surface area contributed by atoms with E-state index in [1.165, 1.54) is 0 Å². The molecule has 3 atom stereocenters. The van der Waals surface area contributed by atoms with Gasteiger partial charge in [-0.15, -0.1) is 0 Å². The molecule has 2 saturated carbocycles. The van der Waals surface area contributed by atoms with E-state index in [1.807, 2.05) is 0 Å². The Kier molecular flexibility index (Phi) is 1.54. The molecule has 0 aromatic carbocycles. The van der Waals surface area contributed by atoms with Crippen molar-refractivity contribution in [3.05, 3.63) is 0 Å². The SMILES string of the molecule is CC1CC1(N)C1CCC(F)(F)C1. The Balaban J connectivity index is 2.01. The molecule has 3 heteroatoms. The van der Waals surface area contributed by atoms with Gasteiger partial charge in [0.2, 0.25) is 5.92 Å². The molecular weight excluding hydrogens is 160 g/mol. The molecule has 2 fully saturated rings. The topological polar surface area (TPSA) is 26.0 Å². The quantitative estimate of drug-likeness (QED) is 0.649. The molecule has 0 aromatic rings. The monoisotopic (exact) mass is 175 g/mol. The van der Waals surface area contributed by atoms with E-state index in [0.717, 1.165) is 6.42 Å². The molecule has 0 radical (unpaired) electrons. The van der Waals surface area contributed by atoms with Gasteiger partial charge in [0.15, 0.2) is 0 Å². The molecule has 3 unspecified atom stereocenters. The zero-order valence-corrected chi connectivity index (χ0v) is 7.32. The van der Waals surface area contributed by atoms with E-state index in [9.17, 15) is 8.78 Å². The number of hydrogen-bond acceptors (Lipinski definition) is 1. The summed E-state index contributed by atoms with van der Waals surface area (Å²) in [5.41, 5.74) is 5.75. The molecule has 0 amide bonds. The lowest BCUT2D eigenvalue weighted by atomic mass is 9.94. The maximum Gasteiger partial charge on any atom is 0.248 e. The average molecular weight is 175 g/mol. The van der Waals surface area contributed by atoms with E-state index >= 15 is 0 Å². The minimum absolute atomic E-state index is 0.0217. The lowest BCUT2D eigenvalue weighted by Crippen LogP contribution is -2.33. The van der Waals surface area contributed by atoms with Crippen LogP contribution < -0.4 is 5.73 Å². The standard InChI is InChI=1S/C9H15F2N/c1-6-4-9(6,12)7-2-3-8(10,11)5-7/h6-7H,2-5,12H2,1H3. The van der Waals surface area contributed by atoms with Crippen molar-refractivity contribution < 1.29 is 8.78 Å². The smallest absolute Gasteiger partial charge is 0.248 e. The molecule has 0 aromatic heterocycles. The van der Waals surface area contributed by atoms with E-state index < -0.39 is 5.92 Å². The largest absolute Gasteiger partial charge is 0.325 e. The molecule has 1 nitrogen and oxygen atoms in total. The Morgan fingerprint density at radius 3 is 2.25 bits per heavy atom. The van der Waals surface area contributed by atoms with Crippen LogP contribution in [0, 0.1) is 11.8 Å². The fourth-order valence-electron chi connectivity index (χ4n) is 2.45. The van der Waals surface area contributed by atoms with Gasteiger partial charge in [-0.25, -0.2) is 8.78 Å². The summed E-state index contributed by atoms with van der Waals surface area (Å²) in [6.07, 6.45) is 1.62. The highest BCUT2D eigenvalue weighted by Gasteiger charge is 2.57. The van der Waals surface area contributed by atoms with Gasteiger partial charge < -0.3 is 5.73 Å². The first-order valence-electron chi connectivity index (χ1n) is 4.61. The number of hydrogen-bond donors (Lipinski definition) is 1. The highest BCUT2D eigenvalue weighted by molar-refractivity contribution is 5.12. The first kappa shape index (κ1) is 8.42. The Bertz CT molecular complexity index is 205. The molecule has 70 valence electrons. The van der Waals surface area contributed by atoms with E-state index in [4.69, 9.17) is 5.73 Å². The van der Waals surface area contributed by atoms with Crippen molar-refractivity contribution in [2.75, 3.05) is 0 Å². The molecule has 0 saturated heterocycles. The molecule has 2 N–H and O–H groups in total. The molecule has 2 aliphatic rings. The summed E-state index contributed by atoms with van der Waals surface area (Å²) in [5.74, 6) is -1.90. The molecule has 0 bridgehead atoms. The van der Waals surface area contributed by atoms with Crippen LogP contribution in [0.2, 0.25) is 0 Å². The molecular formula is C9H15F2N. The van der Waals surface area contributed by atoms with Crippen LogP contribution in [0.4, 0.5) is 8.78 Å². The summed E-state index contributed by atoms with van der Waals surface area (Å²) in [6.45, 7) is 2.05. The predicted molar refractivity (Wildman–Crippen MR) is 43.0 cm³/mol. The first-order chi connectivity index (χ1) is 5.44. The van der Waals surface area contributed by atoms with E-state index in [0.29, 0.717) is 12.3 Å². The maximum atomic E-state index is 12.8. The fourth-order valence-corrected chi connectivity index (χ4v) is 2.45. The van der Waals surface area contributed by atoms with Crippen LogP contribution in [-0.4, -0.2) is 11.5 Å². The third-order valence-corrected chi connectivity index (χ3v) is 3.58. The van der Waals surface area contributed by atoms with Crippen LogP contribution in [0.5, 0.6) is 0 Å². The summed E-state index contributed by atoms with van der Waals surface area (Å²) >= 11 is 0. The summed E-state index contributed by atoms with van der Waals surface area (Å²) in [5, 5.41) is 0. The number of halogens is 2. The number of rotatable bonds is 1. The van der Waals surface area contributed by atoms with Gasteiger partial charge in [-0.3, -0.25) is 0 Å². The van der Waals surface area contributed by atoms with Gasteiger partial charge in [0.25, 0.3) is 0 Å². The third kappa shape index (κ3) is 1.15. The van der Waals surface area contributed by atoms with Crippen LogP contribution >= 0.6 is 0 Å². The molecule has 0 aliphatic heterocycles. The van der Waals surface area contributed by atoms with Crippen molar-refractivity contribution in [2.24, 2.45) is 17.6 Å². The van der Waals surface area contributed by atoms with Crippen LogP contribution in [-0.2, 0) is 0 Å². The Hall–Kier alpha value is -0.180.